The van der Waals surface area contributed by atoms with Crippen molar-refractivity contribution >= 4 is 35.9 Å². The molecule has 126 valence electrons. The minimum Gasteiger partial charge on any atom is -0.489 e. The highest BCUT2D eigenvalue weighted by Gasteiger charge is 2.07. The zero-order valence-corrected chi connectivity index (χ0v) is 14.7. The van der Waals surface area contributed by atoms with Crippen molar-refractivity contribution < 1.29 is 19.0 Å². The molecule has 1 aliphatic heterocycles. The molecule has 0 N–H and O–H groups in total. The normalized spacial score (nSPS) is 18.1. The largest absolute Gasteiger partial charge is 0.489 e. The Morgan fingerprint density at radius 3 is 2.22 bits per heavy atom. The Hall–Kier alpha value is -1.11. The van der Waals surface area contributed by atoms with Crippen molar-refractivity contribution in [2.75, 3.05) is 49.4 Å². The van der Waals surface area contributed by atoms with Crippen LogP contribution in [0.4, 0.5) is 0 Å². The summed E-state index contributed by atoms with van der Waals surface area (Å²) in [5.41, 5.74) is 0.924. The number of hydrogen-bond acceptors (Lipinski definition) is 6. The Morgan fingerprint density at radius 2 is 1.52 bits per heavy atom. The number of carbonyl (C=O) groups excluding carboxylic acids is 1. The maximum absolute atomic E-state index is 10.5. The van der Waals surface area contributed by atoms with Crippen LogP contribution in [0.25, 0.3) is 6.08 Å². The minimum absolute atomic E-state index is 0.622. The summed E-state index contributed by atoms with van der Waals surface area (Å²) >= 11 is 3.65. The summed E-state index contributed by atoms with van der Waals surface area (Å²) in [6.07, 6.45) is 4.00. The van der Waals surface area contributed by atoms with Crippen molar-refractivity contribution in [3.63, 3.8) is 0 Å². The molecule has 0 amide bonds. The molecule has 0 saturated carbocycles. The maximum Gasteiger partial charge on any atom is 0.161 e. The van der Waals surface area contributed by atoms with Crippen molar-refractivity contribution in [2.45, 2.75) is 0 Å². The van der Waals surface area contributed by atoms with Gasteiger partial charge in [-0.25, -0.2) is 0 Å². The van der Waals surface area contributed by atoms with Crippen molar-refractivity contribution in [1.82, 2.24) is 0 Å². The van der Waals surface area contributed by atoms with E-state index in [0.29, 0.717) is 13.2 Å². The third kappa shape index (κ3) is 7.33. The summed E-state index contributed by atoms with van der Waals surface area (Å²) in [6.45, 7) is 2.85. The first kappa shape index (κ1) is 18.2. The highest BCUT2D eigenvalue weighted by Crippen LogP contribution is 2.29. The quantitative estimate of drug-likeness (QED) is 0.600. The van der Waals surface area contributed by atoms with E-state index in [0.717, 1.165) is 59.6 Å². The average Bonchev–Trinajstić information content (AvgIpc) is 2.58. The molecule has 0 aliphatic carbocycles. The summed E-state index contributed by atoms with van der Waals surface area (Å²) in [7, 11) is 0. The number of benzene rings is 1. The molecule has 1 aromatic rings. The SMILES string of the molecule is O=C/C=C/c1ccc2c(c1)OCCSCCOCCSCCO2. The summed E-state index contributed by atoms with van der Waals surface area (Å²) in [4.78, 5) is 10.5. The molecule has 0 bridgehead atoms. The third-order valence-corrected chi connectivity index (χ3v) is 4.87. The van der Waals surface area contributed by atoms with Crippen LogP contribution < -0.4 is 9.47 Å². The van der Waals surface area contributed by atoms with E-state index in [2.05, 4.69) is 0 Å². The molecule has 0 fully saturated rings. The first-order valence-corrected chi connectivity index (χ1v) is 9.96. The van der Waals surface area contributed by atoms with E-state index >= 15 is 0 Å². The molecule has 0 aromatic heterocycles. The molecule has 0 unspecified atom stereocenters. The molecule has 6 heteroatoms. The van der Waals surface area contributed by atoms with E-state index in [1.807, 2.05) is 41.7 Å². The van der Waals surface area contributed by atoms with E-state index in [-0.39, 0.29) is 0 Å². The number of fused-ring (bicyclic) bond motifs is 1. The summed E-state index contributed by atoms with van der Waals surface area (Å²) in [5.74, 6) is 5.29. The first-order valence-electron chi connectivity index (χ1n) is 7.65. The van der Waals surface area contributed by atoms with Gasteiger partial charge in [0.2, 0.25) is 0 Å². The molecule has 1 aliphatic rings. The van der Waals surface area contributed by atoms with Gasteiger partial charge in [0.25, 0.3) is 0 Å². The summed E-state index contributed by atoms with van der Waals surface area (Å²) in [5, 5.41) is 0. The lowest BCUT2D eigenvalue weighted by Crippen LogP contribution is -2.05. The van der Waals surface area contributed by atoms with E-state index in [1.54, 1.807) is 6.08 Å². The van der Waals surface area contributed by atoms with Gasteiger partial charge < -0.3 is 14.2 Å². The standard InChI is InChI=1S/C17H22O4S2/c18-5-1-2-15-3-4-16-17(14-15)21-9-13-23-11-7-19-6-10-22-12-8-20-16/h1-5,14H,6-13H2/b2-1+. The molecule has 0 radical (unpaired) electrons. The molecule has 1 aromatic carbocycles. The number of carbonyl (C=O) groups is 1. The lowest BCUT2D eigenvalue weighted by atomic mass is 10.2. The molecule has 2 rings (SSSR count). The van der Waals surface area contributed by atoms with Crippen LogP contribution in [-0.4, -0.2) is 55.7 Å². The van der Waals surface area contributed by atoms with Gasteiger partial charge in [0.1, 0.15) is 6.29 Å². The second-order valence-electron chi connectivity index (χ2n) is 4.74. The second-order valence-corrected chi connectivity index (χ2v) is 7.18. The van der Waals surface area contributed by atoms with Gasteiger partial charge >= 0.3 is 0 Å². The fraction of sp³-hybridized carbons (Fsp3) is 0.471. The maximum atomic E-state index is 10.5. The molecule has 0 atom stereocenters. The number of rotatable bonds is 2. The Kier molecular flexibility index (Phi) is 9.06. The Bertz CT molecular complexity index is 505. The number of thioether (sulfide) groups is 2. The van der Waals surface area contributed by atoms with E-state index < -0.39 is 0 Å². The van der Waals surface area contributed by atoms with Crippen molar-refractivity contribution in [3.8, 4) is 11.5 Å². The topological polar surface area (TPSA) is 44.8 Å². The Morgan fingerprint density at radius 1 is 0.870 bits per heavy atom. The van der Waals surface area contributed by atoms with Crippen LogP contribution in [0.2, 0.25) is 0 Å². The summed E-state index contributed by atoms with van der Waals surface area (Å²) in [6, 6.07) is 5.74. The highest BCUT2D eigenvalue weighted by atomic mass is 32.2. The third-order valence-electron chi connectivity index (χ3n) is 3.05. The molecule has 4 nitrogen and oxygen atoms in total. The number of ether oxygens (including phenoxy) is 3. The molecular weight excluding hydrogens is 332 g/mol. The average molecular weight is 354 g/mol. The van der Waals surface area contributed by atoms with Crippen molar-refractivity contribution in [3.05, 3.63) is 29.8 Å². The van der Waals surface area contributed by atoms with Crippen LogP contribution in [0, 0.1) is 0 Å². The van der Waals surface area contributed by atoms with Crippen LogP contribution in [0.5, 0.6) is 11.5 Å². The van der Waals surface area contributed by atoms with Crippen LogP contribution in [-0.2, 0) is 9.53 Å². The van der Waals surface area contributed by atoms with Gasteiger partial charge in [0.05, 0.1) is 26.4 Å². The number of hydrogen-bond donors (Lipinski definition) is 0. The van der Waals surface area contributed by atoms with E-state index in [4.69, 9.17) is 14.2 Å². The fourth-order valence-corrected chi connectivity index (χ4v) is 3.26. The predicted octanol–water partition coefficient (Wildman–Crippen LogP) is 3.15. The van der Waals surface area contributed by atoms with Crippen LogP contribution in [0.1, 0.15) is 5.56 Å². The van der Waals surface area contributed by atoms with Crippen molar-refractivity contribution in [1.29, 1.82) is 0 Å². The molecule has 1 heterocycles. The Labute approximate surface area is 145 Å². The molecule has 0 spiro atoms. The molecular formula is C17H22O4S2. The lowest BCUT2D eigenvalue weighted by molar-refractivity contribution is -0.104. The second kappa shape index (κ2) is 11.4. The van der Waals surface area contributed by atoms with Gasteiger partial charge in [-0.2, -0.15) is 23.5 Å². The number of aldehydes is 1. The predicted molar refractivity (Wildman–Crippen MR) is 98.0 cm³/mol. The van der Waals surface area contributed by atoms with Crippen LogP contribution in [0.15, 0.2) is 24.3 Å². The molecule has 23 heavy (non-hydrogen) atoms. The Balaban J connectivity index is 2.02. The smallest absolute Gasteiger partial charge is 0.161 e. The molecule has 0 saturated heterocycles. The zero-order valence-electron chi connectivity index (χ0n) is 13.1. The van der Waals surface area contributed by atoms with Gasteiger partial charge in [-0.1, -0.05) is 12.1 Å². The zero-order chi connectivity index (χ0) is 16.2. The monoisotopic (exact) mass is 354 g/mol. The van der Waals surface area contributed by atoms with Crippen LogP contribution >= 0.6 is 23.5 Å². The van der Waals surface area contributed by atoms with Gasteiger partial charge in [-0.15, -0.1) is 0 Å². The van der Waals surface area contributed by atoms with Crippen LogP contribution in [0.3, 0.4) is 0 Å². The van der Waals surface area contributed by atoms with E-state index in [9.17, 15) is 4.79 Å². The van der Waals surface area contributed by atoms with E-state index in [1.165, 1.54) is 6.08 Å². The number of allylic oxidation sites excluding steroid dienone is 1. The van der Waals surface area contributed by atoms with Gasteiger partial charge in [-0.05, 0) is 23.8 Å². The fourth-order valence-electron chi connectivity index (χ4n) is 1.97. The lowest BCUT2D eigenvalue weighted by Gasteiger charge is -2.13. The van der Waals surface area contributed by atoms with Gasteiger partial charge in [-0.3, -0.25) is 4.79 Å². The van der Waals surface area contributed by atoms with Gasteiger partial charge in [0, 0.05) is 23.0 Å². The highest BCUT2D eigenvalue weighted by molar-refractivity contribution is 7.99. The minimum atomic E-state index is 0.622. The van der Waals surface area contributed by atoms with Gasteiger partial charge in [0.15, 0.2) is 11.5 Å². The summed E-state index contributed by atoms with van der Waals surface area (Å²) < 4.78 is 17.3. The first-order chi connectivity index (χ1) is 11.4. The van der Waals surface area contributed by atoms with Crippen molar-refractivity contribution in [2.24, 2.45) is 0 Å².